The number of nitrogens with zero attached hydrogens (tertiary/aromatic N) is 1. The molecule has 6 nitrogen and oxygen atoms in total. The van der Waals surface area contributed by atoms with Crippen molar-refractivity contribution < 1.29 is 19.1 Å². The maximum Gasteiger partial charge on any atom is 0.335 e. The van der Waals surface area contributed by atoms with Crippen molar-refractivity contribution in [2.24, 2.45) is 0 Å². The van der Waals surface area contributed by atoms with Crippen LogP contribution >= 0.6 is 23.2 Å². The first-order valence-corrected chi connectivity index (χ1v) is 9.57. The number of imide groups is 2. The Morgan fingerprint density at radius 1 is 1.07 bits per heavy atom. The molecule has 0 bridgehead atoms. The zero-order chi connectivity index (χ0) is 21.3. The van der Waals surface area contributed by atoms with Gasteiger partial charge >= 0.3 is 6.03 Å². The topological polar surface area (TPSA) is 75.7 Å². The molecule has 0 atom stereocenters. The lowest BCUT2D eigenvalue weighted by Gasteiger charge is -2.27. The highest BCUT2D eigenvalue weighted by Crippen LogP contribution is 2.31. The molecule has 0 aromatic heterocycles. The van der Waals surface area contributed by atoms with Gasteiger partial charge in [0.25, 0.3) is 11.8 Å². The molecule has 150 valence electrons. The van der Waals surface area contributed by atoms with E-state index < -0.39 is 17.8 Å². The average Bonchev–Trinajstić information content (AvgIpc) is 2.64. The second-order valence-corrected chi connectivity index (χ2v) is 7.51. The second kappa shape index (κ2) is 8.27. The van der Waals surface area contributed by atoms with E-state index in [4.69, 9.17) is 27.9 Å². The molecule has 2 aromatic rings. The summed E-state index contributed by atoms with van der Waals surface area (Å²) in [6, 6.07) is 8.93. The van der Waals surface area contributed by atoms with E-state index in [0.29, 0.717) is 32.6 Å². The molecule has 0 saturated carbocycles. The Kier molecular flexibility index (Phi) is 5.96. The molecule has 29 heavy (non-hydrogen) atoms. The summed E-state index contributed by atoms with van der Waals surface area (Å²) >= 11 is 12.3. The maximum absolute atomic E-state index is 13.0. The summed E-state index contributed by atoms with van der Waals surface area (Å²) in [4.78, 5) is 38.5. The van der Waals surface area contributed by atoms with Crippen LogP contribution < -0.4 is 15.0 Å². The SMILES string of the molecule is Cc1c(Cl)cccc1N1C(=O)NC(=O)/C(=C\c2ccc(OC(C)C)c(Cl)c2)C1=O. The molecule has 1 heterocycles. The third-order valence-corrected chi connectivity index (χ3v) is 4.92. The highest BCUT2D eigenvalue weighted by Gasteiger charge is 2.37. The molecule has 1 N–H and O–H groups in total. The molecule has 1 saturated heterocycles. The Hall–Kier alpha value is -2.83. The van der Waals surface area contributed by atoms with Crippen LogP contribution in [-0.2, 0) is 9.59 Å². The van der Waals surface area contributed by atoms with Crippen molar-refractivity contribution in [1.29, 1.82) is 0 Å². The number of barbiturate groups is 1. The first kappa shape index (κ1) is 20.9. The van der Waals surface area contributed by atoms with Crippen molar-refractivity contribution in [3.8, 4) is 5.75 Å². The fraction of sp³-hybridized carbons (Fsp3) is 0.190. The van der Waals surface area contributed by atoms with Gasteiger partial charge in [0.15, 0.2) is 0 Å². The fourth-order valence-electron chi connectivity index (χ4n) is 2.84. The number of rotatable bonds is 4. The number of hydrogen-bond donors (Lipinski definition) is 1. The van der Waals surface area contributed by atoms with Crippen LogP contribution in [0.3, 0.4) is 0 Å². The zero-order valence-electron chi connectivity index (χ0n) is 16.0. The van der Waals surface area contributed by atoms with Crippen molar-refractivity contribution in [2.45, 2.75) is 26.9 Å². The predicted molar refractivity (Wildman–Crippen MR) is 112 cm³/mol. The molecule has 0 spiro atoms. The number of anilines is 1. The summed E-state index contributed by atoms with van der Waals surface area (Å²) in [6.07, 6.45) is 1.32. The van der Waals surface area contributed by atoms with Gasteiger partial charge in [0.05, 0.1) is 16.8 Å². The summed E-state index contributed by atoms with van der Waals surface area (Å²) in [5.41, 5.74) is 1.17. The molecule has 3 rings (SSSR count). The highest BCUT2D eigenvalue weighted by molar-refractivity contribution is 6.40. The van der Waals surface area contributed by atoms with Gasteiger partial charge in [-0.1, -0.05) is 35.3 Å². The minimum absolute atomic E-state index is 0.0529. The predicted octanol–water partition coefficient (Wildman–Crippen LogP) is 4.76. The van der Waals surface area contributed by atoms with Crippen LogP contribution in [0.5, 0.6) is 5.75 Å². The normalized spacial score (nSPS) is 15.9. The van der Waals surface area contributed by atoms with Crippen LogP contribution in [0.25, 0.3) is 6.08 Å². The highest BCUT2D eigenvalue weighted by atomic mass is 35.5. The molecule has 4 amide bonds. The molecule has 8 heteroatoms. The molecule has 0 aliphatic carbocycles. The molecule has 1 aliphatic heterocycles. The number of amides is 4. The molecular formula is C21H18Cl2N2O4. The van der Waals surface area contributed by atoms with Gasteiger partial charge in [0.1, 0.15) is 11.3 Å². The fourth-order valence-corrected chi connectivity index (χ4v) is 3.24. The van der Waals surface area contributed by atoms with Gasteiger partial charge in [-0.3, -0.25) is 14.9 Å². The standard InChI is InChI=1S/C21H18Cl2N2O4/c1-11(2)29-18-8-7-13(10-16(18)23)9-14-19(26)24-21(28)25(20(14)27)17-6-4-5-15(22)12(17)3/h4-11H,1-3H3,(H,24,26,28)/b14-9+. The lowest BCUT2D eigenvalue weighted by atomic mass is 10.1. The summed E-state index contributed by atoms with van der Waals surface area (Å²) in [6.45, 7) is 5.44. The third kappa shape index (κ3) is 4.28. The summed E-state index contributed by atoms with van der Waals surface area (Å²) in [7, 11) is 0. The number of benzene rings is 2. The smallest absolute Gasteiger partial charge is 0.335 e. The number of urea groups is 1. The van der Waals surface area contributed by atoms with Gasteiger partial charge in [0.2, 0.25) is 0 Å². The number of hydrogen-bond acceptors (Lipinski definition) is 4. The zero-order valence-corrected chi connectivity index (χ0v) is 17.5. The quantitative estimate of drug-likeness (QED) is 0.558. The molecule has 0 radical (unpaired) electrons. The van der Waals surface area contributed by atoms with Crippen molar-refractivity contribution in [3.05, 3.63) is 63.1 Å². The van der Waals surface area contributed by atoms with Crippen molar-refractivity contribution in [1.82, 2.24) is 5.32 Å². The van der Waals surface area contributed by atoms with Gasteiger partial charge < -0.3 is 4.74 Å². The number of ether oxygens (including phenoxy) is 1. The van der Waals surface area contributed by atoms with Crippen molar-refractivity contribution in [3.63, 3.8) is 0 Å². The summed E-state index contributed by atoms with van der Waals surface area (Å²) in [5, 5.41) is 2.93. The number of carbonyl (C=O) groups is 3. The van der Waals surface area contributed by atoms with Crippen molar-refractivity contribution >= 4 is 52.8 Å². The van der Waals surface area contributed by atoms with E-state index >= 15 is 0 Å². The average molecular weight is 433 g/mol. The van der Waals surface area contributed by atoms with E-state index in [1.165, 1.54) is 6.08 Å². The summed E-state index contributed by atoms with van der Waals surface area (Å²) < 4.78 is 5.58. The van der Waals surface area contributed by atoms with E-state index in [2.05, 4.69) is 5.32 Å². The maximum atomic E-state index is 13.0. The van der Waals surface area contributed by atoms with Gasteiger partial charge in [-0.15, -0.1) is 0 Å². The van der Waals surface area contributed by atoms with Crippen LogP contribution in [0.15, 0.2) is 42.0 Å². The van der Waals surface area contributed by atoms with Gasteiger partial charge in [0, 0.05) is 5.02 Å². The Balaban J connectivity index is 2.00. The Morgan fingerprint density at radius 2 is 1.79 bits per heavy atom. The number of halogens is 2. The first-order chi connectivity index (χ1) is 13.7. The largest absolute Gasteiger partial charge is 0.489 e. The Labute approximate surface area is 178 Å². The number of nitrogens with one attached hydrogen (secondary N) is 1. The van der Waals surface area contributed by atoms with E-state index in [1.807, 2.05) is 13.8 Å². The van der Waals surface area contributed by atoms with E-state index in [0.717, 1.165) is 4.90 Å². The van der Waals surface area contributed by atoms with Crippen LogP contribution in [0.2, 0.25) is 10.0 Å². The van der Waals surface area contributed by atoms with E-state index in [1.54, 1.807) is 43.3 Å². The molecular weight excluding hydrogens is 415 g/mol. The minimum atomic E-state index is -0.832. The lowest BCUT2D eigenvalue weighted by molar-refractivity contribution is -0.122. The molecule has 0 unspecified atom stereocenters. The van der Waals surface area contributed by atoms with Crippen LogP contribution in [-0.4, -0.2) is 23.9 Å². The van der Waals surface area contributed by atoms with Crippen LogP contribution in [0.1, 0.15) is 25.0 Å². The molecule has 2 aromatic carbocycles. The van der Waals surface area contributed by atoms with E-state index in [9.17, 15) is 14.4 Å². The van der Waals surface area contributed by atoms with Crippen LogP contribution in [0.4, 0.5) is 10.5 Å². The monoisotopic (exact) mass is 432 g/mol. The molecule has 1 fully saturated rings. The Bertz CT molecular complexity index is 1050. The van der Waals surface area contributed by atoms with Gasteiger partial charge in [-0.05, 0) is 62.2 Å². The Morgan fingerprint density at radius 3 is 2.45 bits per heavy atom. The summed E-state index contributed by atoms with van der Waals surface area (Å²) in [5.74, 6) is -1.04. The second-order valence-electron chi connectivity index (χ2n) is 6.70. The third-order valence-electron chi connectivity index (χ3n) is 4.21. The van der Waals surface area contributed by atoms with Gasteiger partial charge in [-0.25, -0.2) is 9.69 Å². The number of carbonyl (C=O) groups excluding carboxylic acids is 3. The lowest BCUT2D eigenvalue weighted by Crippen LogP contribution is -2.54. The first-order valence-electron chi connectivity index (χ1n) is 8.82. The van der Waals surface area contributed by atoms with Crippen LogP contribution in [0, 0.1) is 6.92 Å². The molecule has 1 aliphatic rings. The van der Waals surface area contributed by atoms with Crippen molar-refractivity contribution in [2.75, 3.05) is 4.90 Å². The van der Waals surface area contributed by atoms with Gasteiger partial charge in [-0.2, -0.15) is 0 Å². The minimum Gasteiger partial charge on any atom is -0.489 e. The van der Waals surface area contributed by atoms with E-state index in [-0.39, 0.29) is 11.7 Å².